The van der Waals surface area contributed by atoms with E-state index in [2.05, 4.69) is 9.88 Å². The van der Waals surface area contributed by atoms with Gasteiger partial charge >= 0.3 is 5.97 Å². The second kappa shape index (κ2) is 6.31. The lowest BCUT2D eigenvalue weighted by Crippen LogP contribution is -2.37. The second-order valence-electron chi connectivity index (χ2n) is 4.51. The summed E-state index contributed by atoms with van der Waals surface area (Å²) < 4.78 is 12.5. The Balaban J connectivity index is 2.10. The highest BCUT2D eigenvalue weighted by Crippen LogP contribution is 2.11. The summed E-state index contributed by atoms with van der Waals surface area (Å²) in [5, 5.41) is 0. The van der Waals surface area contributed by atoms with Gasteiger partial charge in [0.1, 0.15) is 5.69 Å². The molecule has 0 amide bonds. The molecular weight excluding hydrogens is 266 g/mol. The SMILES string of the molecule is COC(=O)c1[nH]c(=S)n(C)c1CCN1CCOCC1. The summed E-state index contributed by atoms with van der Waals surface area (Å²) in [4.78, 5) is 16.9. The summed E-state index contributed by atoms with van der Waals surface area (Å²) in [5.41, 5.74) is 1.35. The van der Waals surface area contributed by atoms with Crippen LogP contribution in [0.2, 0.25) is 0 Å². The minimum Gasteiger partial charge on any atom is -0.464 e. The number of aromatic amines is 1. The first-order valence-electron chi connectivity index (χ1n) is 6.29. The van der Waals surface area contributed by atoms with Gasteiger partial charge in [0, 0.05) is 33.1 Å². The van der Waals surface area contributed by atoms with E-state index < -0.39 is 0 Å². The number of imidazole rings is 1. The maximum Gasteiger partial charge on any atom is 0.356 e. The molecule has 1 aliphatic rings. The van der Waals surface area contributed by atoms with Crippen molar-refractivity contribution >= 4 is 18.2 Å². The van der Waals surface area contributed by atoms with Crippen molar-refractivity contribution < 1.29 is 14.3 Å². The van der Waals surface area contributed by atoms with Crippen molar-refractivity contribution in [1.82, 2.24) is 14.5 Å². The van der Waals surface area contributed by atoms with Crippen molar-refractivity contribution in [3.05, 3.63) is 16.2 Å². The van der Waals surface area contributed by atoms with E-state index in [1.165, 1.54) is 7.11 Å². The molecule has 2 rings (SSSR count). The van der Waals surface area contributed by atoms with E-state index in [4.69, 9.17) is 21.7 Å². The van der Waals surface area contributed by atoms with Crippen molar-refractivity contribution in [2.45, 2.75) is 6.42 Å². The molecule has 0 aromatic carbocycles. The Labute approximate surface area is 117 Å². The van der Waals surface area contributed by atoms with Crippen LogP contribution in [0.15, 0.2) is 0 Å². The van der Waals surface area contributed by atoms with E-state index in [0.717, 1.165) is 45.0 Å². The summed E-state index contributed by atoms with van der Waals surface area (Å²) in [7, 11) is 3.23. The molecule has 1 saturated heterocycles. The average molecular weight is 285 g/mol. The Hall–Kier alpha value is -1.18. The van der Waals surface area contributed by atoms with E-state index in [1.807, 2.05) is 11.6 Å². The highest BCUT2D eigenvalue weighted by Gasteiger charge is 2.19. The molecule has 0 unspecified atom stereocenters. The first kappa shape index (κ1) is 14.2. The van der Waals surface area contributed by atoms with Crippen LogP contribution in [0.1, 0.15) is 16.2 Å². The summed E-state index contributed by atoms with van der Waals surface area (Å²) in [6.07, 6.45) is 0.758. The predicted molar refractivity (Wildman–Crippen MR) is 72.9 cm³/mol. The molecule has 1 aromatic rings. The quantitative estimate of drug-likeness (QED) is 0.653. The lowest BCUT2D eigenvalue weighted by Gasteiger charge is -2.26. The summed E-state index contributed by atoms with van der Waals surface area (Å²) in [5.74, 6) is -0.372. The van der Waals surface area contributed by atoms with Crippen LogP contribution in [0.25, 0.3) is 0 Å². The third-order valence-electron chi connectivity index (χ3n) is 3.39. The number of morpholine rings is 1. The molecular formula is C12H19N3O3S. The normalized spacial score (nSPS) is 16.5. The molecule has 106 valence electrons. The van der Waals surface area contributed by atoms with Gasteiger partial charge in [0.2, 0.25) is 0 Å². The van der Waals surface area contributed by atoms with Crippen molar-refractivity contribution in [2.75, 3.05) is 40.0 Å². The maximum atomic E-state index is 11.7. The van der Waals surface area contributed by atoms with Gasteiger partial charge in [0.15, 0.2) is 4.77 Å². The molecule has 0 spiro atoms. The van der Waals surface area contributed by atoms with Crippen LogP contribution in [0, 0.1) is 4.77 Å². The van der Waals surface area contributed by atoms with Gasteiger partial charge in [-0.05, 0) is 12.2 Å². The number of H-pyrrole nitrogens is 1. The molecule has 7 heteroatoms. The summed E-state index contributed by atoms with van der Waals surface area (Å²) in [6.45, 7) is 4.30. The molecule has 2 heterocycles. The van der Waals surface area contributed by atoms with Crippen LogP contribution in [0.5, 0.6) is 0 Å². The van der Waals surface area contributed by atoms with Crippen LogP contribution >= 0.6 is 12.2 Å². The molecule has 0 radical (unpaired) electrons. The van der Waals surface area contributed by atoms with Gasteiger partial charge < -0.3 is 19.0 Å². The monoisotopic (exact) mass is 285 g/mol. The van der Waals surface area contributed by atoms with Crippen LogP contribution < -0.4 is 0 Å². The number of hydrogen-bond acceptors (Lipinski definition) is 5. The standard InChI is InChI=1S/C12H19N3O3S/c1-14-9(3-4-15-5-7-18-8-6-15)10(11(16)17-2)13-12(14)19/h3-8H2,1-2H3,(H,13,19). The zero-order chi connectivity index (χ0) is 13.8. The Morgan fingerprint density at radius 3 is 2.79 bits per heavy atom. The fraction of sp³-hybridized carbons (Fsp3) is 0.667. The van der Waals surface area contributed by atoms with E-state index in [1.54, 1.807) is 0 Å². The topological polar surface area (TPSA) is 59.5 Å². The predicted octanol–water partition coefficient (Wildman–Crippen LogP) is 0.744. The number of aromatic nitrogens is 2. The third kappa shape index (κ3) is 3.23. The van der Waals surface area contributed by atoms with Crippen LogP contribution in [0.4, 0.5) is 0 Å². The highest BCUT2D eigenvalue weighted by atomic mass is 32.1. The van der Waals surface area contributed by atoms with E-state index in [-0.39, 0.29) is 5.97 Å². The largest absolute Gasteiger partial charge is 0.464 e. The number of methoxy groups -OCH3 is 1. The van der Waals surface area contributed by atoms with Crippen molar-refractivity contribution in [3.8, 4) is 0 Å². The fourth-order valence-corrected chi connectivity index (χ4v) is 2.42. The first-order chi connectivity index (χ1) is 9.13. The number of nitrogens with one attached hydrogen (secondary N) is 1. The highest BCUT2D eigenvalue weighted by molar-refractivity contribution is 7.71. The molecule has 0 aliphatic carbocycles. The molecule has 1 N–H and O–H groups in total. The molecule has 6 nitrogen and oxygen atoms in total. The number of carbonyl (C=O) groups excluding carboxylic acids is 1. The number of hydrogen-bond donors (Lipinski definition) is 1. The van der Waals surface area contributed by atoms with E-state index in [9.17, 15) is 4.79 Å². The van der Waals surface area contributed by atoms with Crippen LogP contribution in [-0.4, -0.2) is 60.4 Å². The maximum absolute atomic E-state index is 11.7. The third-order valence-corrected chi connectivity index (χ3v) is 3.76. The number of nitrogens with zero attached hydrogens (tertiary/aromatic N) is 2. The molecule has 0 bridgehead atoms. The Morgan fingerprint density at radius 2 is 2.16 bits per heavy atom. The molecule has 0 atom stereocenters. The fourth-order valence-electron chi connectivity index (χ4n) is 2.21. The molecule has 1 aromatic heterocycles. The molecule has 0 saturated carbocycles. The lowest BCUT2D eigenvalue weighted by molar-refractivity contribution is 0.0381. The summed E-state index contributed by atoms with van der Waals surface area (Å²) >= 11 is 5.17. The van der Waals surface area contributed by atoms with Crippen molar-refractivity contribution in [2.24, 2.45) is 7.05 Å². The minimum absolute atomic E-state index is 0.372. The number of rotatable bonds is 4. The Morgan fingerprint density at radius 1 is 1.47 bits per heavy atom. The van der Waals surface area contributed by atoms with E-state index in [0.29, 0.717) is 10.5 Å². The second-order valence-corrected chi connectivity index (χ2v) is 4.89. The van der Waals surface area contributed by atoms with Gasteiger partial charge in [-0.15, -0.1) is 0 Å². The van der Waals surface area contributed by atoms with Gasteiger partial charge in [0.05, 0.1) is 26.0 Å². The van der Waals surface area contributed by atoms with Gasteiger partial charge in [-0.25, -0.2) is 4.79 Å². The zero-order valence-electron chi connectivity index (χ0n) is 11.3. The number of carbonyl (C=O) groups is 1. The van der Waals surface area contributed by atoms with Crippen molar-refractivity contribution in [1.29, 1.82) is 0 Å². The minimum atomic E-state index is -0.372. The zero-order valence-corrected chi connectivity index (χ0v) is 12.1. The lowest BCUT2D eigenvalue weighted by atomic mass is 10.2. The molecule has 1 aliphatic heterocycles. The smallest absolute Gasteiger partial charge is 0.356 e. The van der Waals surface area contributed by atoms with E-state index >= 15 is 0 Å². The van der Waals surface area contributed by atoms with Gasteiger partial charge in [0.25, 0.3) is 0 Å². The van der Waals surface area contributed by atoms with Gasteiger partial charge in [-0.1, -0.05) is 0 Å². The van der Waals surface area contributed by atoms with Crippen LogP contribution in [-0.2, 0) is 22.9 Å². The molecule has 1 fully saturated rings. The number of ether oxygens (including phenoxy) is 2. The first-order valence-corrected chi connectivity index (χ1v) is 6.70. The Bertz CT molecular complexity index is 503. The van der Waals surface area contributed by atoms with Crippen molar-refractivity contribution in [3.63, 3.8) is 0 Å². The van der Waals surface area contributed by atoms with Gasteiger partial charge in [-0.3, -0.25) is 4.90 Å². The average Bonchev–Trinajstić information content (AvgIpc) is 2.73. The Kier molecular flexibility index (Phi) is 4.73. The number of esters is 1. The molecule has 19 heavy (non-hydrogen) atoms. The van der Waals surface area contributed by atoms with Crippen LogP contribution in [0.3, 0.4) is 0 Å². The van der Waals surface area contributed by atoms with Gasteiger partial charge in [-0.2, -0.15) is 0 Å². The summed E-state index contributed by atoms with van der Waals surface area (Å²) in [6, 6.07) is 0.